The number of rotatable bonds is 2. The van der Waals surface area contributed by atoms with E-state index >= 15 is 0 Å². The van der Waals surface area contributed by atoms with Gasteiger partial charge in [0.2, 0.25) is 0 Å². The van der Waals surface area contributed by atoms with Crippen molar-refractivity contribution in [2.45, 2.75) is 13.3 Å². The van der Waals surface area contributed by atoms with Gasteiger partial charge in [0.15, 0.2) is 5.65 Å². The van der Waals surface area contributed by atoms with Crippen LogP contribution >= 0.6 is 11.3 Å². The van der Waals surface area contributed by atoms with E-state index in [9.17, 15) is 4.79 Å². The zero-order valence-corrected chi connectivity index (χ0v) is 11.0. The molecule has 0 fully saturated rings. The number of H-pyrrole nitrogens is 1. The van der Waals surface area contributed by atoms with Gasteiger partial charge in [-0.15, -0.1) is 11.3 Å². The Balaban J connectivity index is 2.16. The molecule has 3 rings (SSSR count). The monoisotopic (exact) mass is 259 g/mol. The number of aromatic amines is 1. The van der Waals surface area contributed by atoms with Crippen molar-refractivity contribution >= 4 is 22.5 Å². The minimum atomic E-state index is -0.130. The second-order valence-corrected chi connectivity index (χ2v) is 5.37. The number of aromatic nitrogens is 3. The highest BCUT2D eigenvalue weighted by atomic mass is 32.1. The Hall–Kier alpha value is -1.88. The second kappa shape index (κ2) is 4.10. The van der Waals surface area contributed by atoms with Crippen molar-refractivity contribution in [3.63, 3.8) is 0 Å². The fourth-order valence-corrected chi connectivity index (χ4v) is 2.90. The molecule has 18 heavy (non-hydrogen) atoms. The Kier molecular flexibility index (Phi) is 2.56. The van der Waals surface area contributed by atoms with Crippen molar-refractivity contribution in [3.8, 4) is 10.4 Å². The number of fused-ring (bicyclic) bond motifs is 1. The summed E-state index contributed by atoms with van der Waals surface area (Å²) in [4.78, 5) is 21.2. The largest absolute Gasteiger partial charge is 0.327 e. The Morgan fingerprint density at radius 3 is 3.00 bits per heavy atom. The van der Waals surface area contributed by atoms with Gasteiger partial charge in [-0.05, 0) is 24.6 Å². The minimum absolute atomic E-state index is 0.130. The van der Waals surface area contributed by atoms with E-state index in [4.69, 9.17) is 0 Å². The zero-order valence-electron chi connectivity index (χ0n) is 10.2. The van der Waals surface area contributed by atoms with Gasteiger partial charge >= 0.3 is 5.69 Å². The van der Waals surface area contributed by atoms with Gasteiger partial charge in [-0.2, -0.15) is 0 Å². The van der Waals surface area contributed by atoms with Gasteiger partial charge in [0.1, 0.15) is 0 Å². The van der Waals surface area contributed by atoms with Crippen molar-refractivity contribution < 1.29 is 0 Å². The van der Waals surface area contributed by atoms with Crippen molar-refractivity contribution in [1.82, 2.24) is 14.5 Å². The van der Waals surface area contributed by atoms with Crippen LogP contribution < -0.4 is 5.69 Å². The molecule has 0 atom stereocenters. The molecule has 0 saturated heterocycles. The molecule has 0 aliphatic carbocycles. The van der Waals surface area contributed by atoms with Gasteiger partial charge in [-0.3, -0.25) is 4.57 Å². The van der Waals surface area contributed by atoms with E-state index < -0.39 is 0 Å². The highest BCUT2D eigenvalue weighted by Crippen LogP contribution is 2.29. The molecule has 0 aromatic carbocycles. The van der Waals surface area contributed by atoms with E-state index in [0.29, 0.717) is 5.65 Å². The third-order valence-corrected chi connectivity index (χ3v) is 4.30. The third kappa shape index (κ3) is 1.67. The summed E-state index contributed by atoms with van der Waals surface area (Å²) >= 11 is 1.77. The summed E-state index contributed by atoms with van der Waals surface area (Å²) in [7, 11) is 1.72. The predicted octanol–water partition coefficient (Wildman–Crippen LogP) is 2.55. The molecule has 0 aliphatic rings. The lowest BCUT2D eigenvalue weighted by Crippen LogP contribution is -2.12. The predicted molar refractivity (Wildman–Crippen MR) is 74.0 cm³/mol. The number of pyridine rings is 1. The lowest BCUT2D eigenvalue weighted by atomic mass is 10.2. The fourth-order valence-electron chi connectivity index (χ4n) is 1.97. The van der Waals surface area contributed by atoms with Crippen LogP contribution in [0.25, 0.3) is 21.6 Å². The first kappa shape index (κ1) is 11.2. The molecule has 3 heterocycles. The Morgan fingerprint density at radius 1 is 1.44 bits per heavy atom. The number of thiophene rings is 1. The van der Waals surface area contributed by atoms with E-state index in [1.807, 2.05) is 12.3 Å². The number of hydrogen-bond donors (Lipinski definition) is 1. The maximum absolute atomic E-state index is 11.5. The van der Waals surface area contributed by atoms with Crippen LogP contribution in [0.1, 0.15) is 11.8 Å². The van der Waals surface area contributed by atoms with Crippen molar-refractivity contribution in [2.75, 3.05) is 0 Å². The highest BCUT2D eigenvalue weighted by Gasteiger charge is 2.08. The maximum atomic E-state index is 11.5. The van der Waals surface area contributed by atoms with E-state index in [1.165, 1.54) is 14.3 Å². The molecule has 1 N–H and O–H groups in total. The molecule has 0 spiro atoms. The quantitative estimate of drug-likeness (QED) is 0.769. The van der Waals surface area contributed by atoms with Gasteiger partial charge in [0.05, 0.1) is 5.52 Å². The normalized spacial score (nSPS) is 11.2. The van der Waals surface area contributed by atoms with Gasteiger partial charge in [-0.1, -0.05) is 6.92 Å². The smallest absolute Gasteiger partial charge is 0.304 e. The Labute approximate surface area is 108 Å². The summed E-state index contributed by atoms with van der Waals surface area (Å²) in [5.41, 5.74) is 2.39. The molecule has 0 aliphatic heterocycles. The second-order valence-electron chi connectivity index (χ2n) is 4.20. The van der Waals surface area contributed by atoms with Crippen LogP contribution in [0.5, 0.6) is 0 Å². The summed E-state index contributed by atoms with van der Waals surface area (Å²) in [5.74, 6) is 0. The average Bonchev–Trinajstić information content (AvgIpc) is 2.95. The molecule has 4 nitrogen and oxygen atoms in total. The third-order valence-electron chi connectivity index (χ3n) is 3.03. The molecule has 92 valence electrons. The molecule has 5 heteroatoms. The molecule has 0 radical (unpaired) electrons. The van der Waals surface area contributed by atoms with Gasteiger partial charge < -0.3 is 4.98 Å². The summed E-state index contributed by atoms with van der Waals surface area (Å²) < 4.78 is 1.52. The van der Waals surface area contributed by atoms with E-state index in [1.54, 1.807) is 18.4 Å². The molecular formula is C13H13N3OS. The molecule has 3 aromatic rings. The van der Waals surface area contributed by atoms with Crippen molar-refractivity contribution in [1.29, 1.82) is 0 Å². The number of nitrogens with zero attached hydrogens (tertiary/aromatic N) is 2. The first-order chi connectivity index (χ1) is 8.69. The van der Waals surface area contributed by atoms with Crippen molar-refractivity contribution in [2.24, 2.45) is 7.05 Å². The summed E-state index contributed by atoms with van der Waals surface area (Å²) in [6, 6.07) is 6.22. The zero-order chi connectivity index (χ0) is 12.7. The fraction of sp³-hybridized carbons (Fsp3) is 0.231. The Bertz CT molecular complexity index is 766. The molecule has 3 aromatic heterocycles. The topological polar surface area (TPSA) is 50.7 Å². The first-order valence-corrected chi connectivity index (χ1v) is 6.64. The van der Waals surface area contributed by atoms with E-state index in [0.717, 1.165) is 17.5 Å². The van der Waals surface area contributed by atoms with Crippen LogP contribution in [0.2, 0.25) is 0 Å². The number of hydrogen-bond acceptors (Lipinski definition) is 3. The number of imidazole rings is 1. The van der Waals surface area contributed by atoms with Crippen LogP contribution in [-0.2, 0) is 13.5 Å². The van der Waals surface area contributed by atoms with Crippen LogP contribution in [0.15, 0.2) is 29.2 Å². The van der Waals surface area contributed by atoms with Crippen molar-refractivity contribution in [3.05, 3.63) is 39.8 Å². The molecule has 0 unspecified atom stereocenters. The first-order valence-electron chi connectivity index (χ1n) is 5.83. The number of aryl methyl sites for hydroxylation is 2. The standard InChI is InChI=1S/C13H13N3OS/c1-3-9-4-5-11(18-9)8-6-10-12(14-7-8)16(2)13(17)15-10/h4-7H,3H2,1-2H3,(H,15,17). The summed E-state index contributed by atoms with van der Waals surface area (Å²) in [6.45, 7) is 2.14. The Morgan fingerprint density at radius 2 is 2.28 bits per heavy atom. The van der Waals surface area contributed by atoms with Gasteiger partial charge in [0, 0.05) is 28.6 Å². The average molecular weight is 259 g/mol. The van der Waals surface area contributed by atoms with Crippen LogP contribution in [0.3, 0.4) is 0 Å². The molecule has 0 amide bonds. The lowest BCUT2D eigenvalue weighted by Gasteiger charge is -1.97. The summed E-state index contributed by atoms with van der Waals surface area (Å²) in [6.07, 6.45) is 2.86. The van der Waals surface area contributed by atoms with Gasteiger partial charge in [0.25, 0.3) is 0 Å². The van der Waals surface area contributed by atoms with E-state index in [-0.39, 0.29) is 5.69 Å². The van der Waals surface area contributed by atoms with E-state index in [2.05, 4.69) is 29.0 Å². The van der Waals surface area contributed by atoms with Crippen LogP contribution in [0, 0.1) is 0 Å². The van der Waals surface area contributed by atoms with Gasteiger partial charge in [-0.25, -0.2) is 9.78 Å². The molecular weight excluding hydrogens is 246 g/mol. The highest BCUT2D eigenvalue weighted by molar-refractivity contribution is 7.15. The number of nitrogens with one attached hydrogen (secondary N) is 1. The SMILES string of the molecule is CCc1ccc(-c2cnc3c(c2)[nH]c(=O)n3C)s1. The lowest BCUT2D eigenvalue weighted by molar-refractivity contribution is 0.879. The summed E-state index contributed by atoms with van der Waals surface area (Å²) in [5, 5.41) is 0. The molecule has 0 saturated carbocycles. The maximum Gasteiger partial charge on any atom is 0.327 e. The minimum Gasteiger partial charge on any atom is -0.304 e. The van der Waals surface area contributed by atoms with Crippen LogP contribution in [-0.4, -0.2) is 14.5 Å². The molecule has 0 bridgehead atoms. The van der Waals surface area contributed by atoms with Crippen LogP contribution in [0.4, 0.5) is 0 Å².